The van der Waals surface area contributed by atoms with Gasteiger partial charge in [-0.2, -0.15) is 5.10 Å². The van der Waals surface area contributed by atoms with Gasteiger partial charge in [-0.1, -0.05) is 12.1 Å². The molecule has 2 aromatic carbocycles. The molecule has 2 aromatic heterocycles. The molecule has 1 aliphatic rings. The molecule has 0 radical (unpaired) electrons. The lowest BCUT2D eigenvalue weighted by atomic mass is 10.0. The number of fused-ring (bicyclic) bond motifs is 3. The molecular formula is C22H16N4O3. The predicted octanol–water partition coefficient (Wildman–Crippen LogP) is 3.74. The second-order valence-corrected chi connectivity index (χ2v) is 6.86. The van der Waals surface area contributed by atoms with Crippen molar-refractivity contribution in [3.05, 3.63) is 71.4 Å². The summed E-state index contributed by atoms with van der Waals surface area (Å²) in [6.45, 7) is 1.92. The van der Waals surface area contributed by atoms with Gasteiger partial charge in [0.25, 0.3) is 11.8 Å². The number of aryl methyl sites for hydroxylation is 1. The van der Waals surface area contributed by atoms with Crippen LogP contribution >= 0.6 is 0 Å². The van der Waals surface area contributed by atoms with Crippen molar-refractivity contribution in [1.82, 2.24) is 15.2 Å². The normalized spacial score (nSPS) is 13.2. The molecule has 3 heterocycles. The fourth-order valence-corrected chi connectivity index (χ4v) is 3.66. The van der Waals surface area contributed by atoms with Crippen LogP contribution in [0.3, 0.4) is 0 Å². The number of ether oxygens (including phenoxy) is 1. The highest BCUT2D eigenvalue weighted by atomic mass is 16.5. The van der Waals surface area contributed by atoms with Crippen LogP contribution in [0.2, 0.25) is 0 Å². The summed E-state index contributed by atoms with van der Waals surface area (Å²) in [4.78, 5) is 31.9. The SMILES string of the molecule is COc1ccc(-c2[nH]nc3ncc4c(c23)C(=O)N(c2cccc(C)c2)C4=O)cc1. The molecule has 0 saturated carbocycles. The maximum Gasteiger partial charge on any atom is 0.267 e. The topological polar surface area (TPSA) is 88.2 Å². The molecule has 7 heteroatoms. The number of H-pyrrole nitrogens is 1. The number of benzene rings is 2. The summed E-state index contributed by atoms with van der Waals surface area (Å²) in [6, 6.07) is 14.7. The maximum atomic E-state index is 13.3. The standard InChI is InChI=1S/C22H16N4O3/c1-12-4-3-5-14(10-12)26-21(27)16-11-23-20-18(17(16)22(26)28)19(24-25-20)13-6-8-15(29-2)9-7-13/h3-11H,1-2H3,(H,23,24,25). The molecule has 1 aliphatic heterocycles. The Balaban J connectivity index is 1.70. The number of pyridine rings is 1. The summed E-state index contributed by atoms with van der Waals surface area (Å²) < 4.78 is 5.21. The zero-order valence-electron chi connectivity index (χ0n) is 15.8. The number of aromatic nitrogens is 3. The number of hydrogen-bond acceptors (Lipinski definition) is 5. The number of carbonyl (C=O) groups excluding carboxylic acids is 2. The van der Waals surface area contributed by atoms with Crippen LogP contribution < -0.4 is 9.64 Å². The number of amides is 2. The lowest BCUT2D eigenvalue weighted by molar-refractivity contribution is 0.0926. The lowest BCUT2D eigenvalue weighted by Gasteiger charge is -2.14. The molecule has 7 nitrogen and oxygen atoms in total. The van der Waals surface area contributed by atoms with E-state index in [0.717, 1.165) is 16.9 Å². The third-order valence-electron chi connectivity index (χ3n) is 5.07. The van der Waals surface area contributed by atoms with Crippen molar-refractivity contribution in [3.63, 3.8) is 0 Å². The Labute approximate surface area is 165 Å². The van der Waals surface area contributed by atoms with Crippen molar-refractivity contribution in [2.45, 2.75) is 6.92 Å². The lowest BCUT2D eigenvalue weighted by Crippen LogP contribution is -2.29. The van der Waals surface area contributed by atoms with Gasteiger partial charge in [-0.05, 0) is 48.9 Å². The molecule has 0 bridgehead atoms. The Morgan fingerprint density at radius 2 is 1.83 bits per heavy atom. The molecule has 0 aliphatic carbocycles. The van der Waals surface area contributed by atoms with Crippen LogP contribution in [0.5, 0.6) is 5.75 Å². The van der Waals surface area contributed by atoms with Gasteiger partial charge in [-0.25, -0.2) is 9.88 Å². The van der Waals surface area contributed by atoms with Crippen molar-refractivity contribution in [1.29, 1.82) is 0 Å². The minimum absolute atomic E-state index is 0.278. The molecule has 142 valence electrons. The molecule has 0 saturated heterocycles. The fourth-order valence-electron chi connectivity index (χ4n) is 3.66. The van der Waals surface area contributed by atoms with E-state index in [-0.39, 0.29) is 17.4 Å². The van der Waals surface area contributed by atoms with Gasteiger partial charge in [0.15, 0.2) is 5.65 Å². The number of anilines is 1. The first-order valence-corrected chi connectivity index (χ1v) is 9.05. The Bertz CT molecular complexity index is 1290. The number of imide groups is 1. The quantitative estimate of drug-likeness (QED) is 0.544. The number of aromatic amines is 1. The van der Waals surface area contributed by atoms with Gasteiger partial charge in [0, 0.05) is 11.8 Å². The molecule has 5 rings (SSSR count). The Kier molecular flexibility index (Phi) is 3.70. The Morgan fingerprint density at radius 3 is 2.55 bits per heavy atom. The van der Waals surface area contributed by atoms with Gasteiger partial charge in [0.1, 0.15) is 5.75 Å². The molecule has 0 unspecified atom stereocenters. The van der Waals surface area contributed by atoms with Gasteiger partial charge in [-0.15, -0.1) is 0 Å². The molecule has 2 amide bonds. The van der Waals surface area contributed by atoms with Crippen molar-refractivity contribution in [2.24, 2.45) is 0 Å². The van der Waals surface area contributed by atoms with Crippen LogP contribution in [0.25, 0.3) is 22.3 Å². The molecule has 1 N–H and O–H groups in total. The minimum Gasteiger partial charge on any atom is -0.497 e. The number of nitrogens with one attached hydrogen (secondary N) is 1. The van der Waals surface area contributed by atoms with E-state index in [4.69, 9.17) is 4.74 Å². The second kappa shape index (κ2) is 6.27. The van der Waals surface area contributed by atoms with Crippen molar-refractivity contribution >= 4 is 28.5 Å². The zero-order valence-corrected chi connectivity index (χ0v) is 15.8. The summed E-state index contributed by atoms with van der Waals surface area (Å²) in [5, 5.41) is 7.74. The molecular weight excluding hydrogens is 368 g/mol. The summed E-state index contributed by atoms with van der Waals surface area (Å²) in [5.41, 5.74) is 3.95. The van der Waals surface area contributed by atoms with Crippen LogP contribution in [0, 0.1) is 6.92 Å². The predicted molar refractivity (Wildman–Crippen MR) is 108 cm³/mol. The molecule has 29 heavy (non-hydrogen) atoms. The Morgan fingerprint density at radius 1 is 1.03 bits per heavy atom. The third-order valence-corrected chi connectivity index (χ3v) is 5.07. The van der Waals surface area contributed by atoms with Crippen LogP contribution in [-0.4, -0.2) is 34.1 Å². The van der Waals surface area contributed by atoms with E-state index in [2.05, 4.69) is 15.2 Å². The Hall–Kier alpha value is -4.00. The highest BCUT2D eigenvalue weighted by molar-refractivity contribution is 6.38. The second-order valence-electron chi connectivity index (χ2n) is 6.86. The van der Waals surface area contributed by atoms with E-state index < -0.39 is 0 Å². The van der Waals surface area contributed by atoms with Crippen LogP contribution in [0.1, 0.15) is 26.3 Å². The highest BCUT2D eigenvalue weighted by Crippen LogP contribution is 2.36. The van der Waals surface area contributed by atoms with E-state index in [9.17, 15) is 9.59 Å². The van der Waals surface area contributed by atoms with Gasteiger partial charge in [0.2, 0.25) is 0 Å². The molecule has 0 spiro atoms. The van der Waals surface area contributed by atoms with Gasteiger partial charge < -0.3 is 4.74 Å². The van der Waals surface area contributed by atoms with Crippen LogP contribution in [-0.2, 0) is 0 Å². The number of hydrogen-bond donors (Lipinski definition) is 1. The average Bonchev–Trinajstić information content (AvgIpc) is 3.27. The maximum absolute atomic E-state index is 13.3. The van der Waals surface area contributed by atoms with Crippen molar-refractivity contribution < 1.29 is 14.3 Å². The fraction of sp³-hybridized carbons (Fsp3) is 0.0909. The highest BCUT2D eigenvalue weighted by Gasteiger charge is 2.40. The van der Waals surface area contributed by atoms with E-state index >= 15 is 0 Å². The zero-order chi connectivity index (χ0) is 20.1. The van der Waals surface area contributed by atoms with Crippen molar-refractivity contribution in [2.75, 3.05) is 12.0 Å². The van der Waals surface area contributed by atoms with E-state index in [1.165, 1.54) is 11.1 Å². The molecule has 4 aromatic rings. The number of nitrogens with zero attached hydrogens (tertiary/aromatic N) is 3. The number of carbonyl (C=O) groups is 2. The number of methoxy groups -OCH3 is 1. The first-order chi connectivity index (χ1) is 14.1. The van der Waals surface area contributed by atoms with Crippen LogP contribution in [0.15, 0.2) is 54.7 Å². The minimum atomic E-state index is -0.383. The summed E-state index contributed by atoms with van der Waals surface area (Å²) >= 11 is 0. The first-order valence-electron chi connectivity index (χ1n) is 9.05. The average molecular weight is 384 g/mol. The molecule has 0 fully saturated rings. The van der Waals surface area contributed by atoms with E-state index in [0.29, 0.717) is 28.0 Å². The summed E-state index contributed by atoms with van der Waals surface area (Å²) in [7, 11) is 1.60. The van der Waals surface area contributed by atoms with Gasteiger partial charge in [-0.3, -0.25) is 14.7 Å². The smallest absolute Gasteiger partial charge is 0.267 e. The molecule has 0 atom stereocenters. The van der Waals surface area contributed by atoms with Gasteiger partial charge >= 0.3 is 0 Å². The number of rotatable bonds is 3. The van der Waals surface area contributed by atoms with Crippen LogP contribution in [0.4, 0.5) is 5.69 Å². The third kappa shape index (κ3) is 2.51. The van der Waals surface area contributed by atoms with E-state index in [1.54, 1.807) is 13.2 Å². The van der Waals surface area contributed by atoms with Crippen molar-refractivity contribution in [3.8, 4) is 17.0 Å². The largest absolute Gasteiger partial charge is 0.497 e. The summed E-state index contributed by atoms with van der Waals surface area (Å²) in [5.74, 6) is -0.0381. The monoisotopic (exact) mass is 384 g/mol. The summed E-state index contributed by atoms with van der Waals surface area (Å²) in [6.07, 6.45) is 1.42. The first kappa shape index (κ1) is 17.1. The van der Waals surface area contributed by atoms with E-state index in [1.807, 2.05) is 49.4 Å². The van der Waals surface area contributed by atoms with Gasteiger partial charge in [0.05, 0.1) is 35.0 Å².